The van der Waals surface area contributed by atoms with E-state index in [-0.39, 0.29) is 0 Å². The van der Waals surface area contributed by atoms with Crippen LogP contribution >= 0.6 is 0 Å². The first-order valence-electron chi connectivity index (χ1n) is 3.80. The number of nitrogens with two attached hydrogens (primary N) is 3. The maximum Gasteiger partial charge on any atom is 0.125 e. The van der Waals surface area contributed by atoms with Crippen molar-refractivity contribution in [3.05, 3.63) is 30.2 Å². The van der Waals surface area contributed by atoms with Crippen LogP contribution in [-0.2, 0) is 0 Å². The number of anilines is 2. The largest absolute Gasteiger partial charge is 0.403 e. The van der Waals surface area contributed by atoms with Crippen molar-refractivity contribution in [2.45, 2.75) is 6.92 Å². The third-order valence-corrected chi connectivity index (χ3v) is 1.50. The number of aromatic nitrogens is 1. The summed E-state index contributed by atoms with van der Waals surface area (Å²) in [5.41, 5.74) is 12.3. The highest BCUT2D eigenvalue weighted by Crippen LogP contribution is 2.15. The van der Waals surface area contributed by atoms with Gasteiger partial charge in [-0.25, -0.2) is 10.8 Å². The summed E-state index contributed by atoms with van der Waals surface area (Å²) >= 11 is 0. The summed E-state index contributed by atoms with van der Waals surface area (Å²) in [7, 11) is 0. The molecule has 6 N–H and O–H groups in total. The molecule has 1 aromatic heterocycles. The molecular weight excluding hydrogens is 166 g/mol. The van der Waals surface area contributed by atoms with E-state index in [0.29, 0.717) is 5.82 Å². The van der Waals surface area contributed by atoms with Crippen molar-refractivity contribution in [1.29, 1.82) is 0 Å². The van der Waals surface area contributed by atoms with E-state index in [0.717, 1.165) is 11.4 Å². The zero-order valence-corrected chi connectivity index (χ0v) is 7.44. The van der Waals surface area contributed by atoms with Crippen molar-refractivity contribution in [3.8, 4) is 0 Å². The molecule has 13 heavy (non-hydrogen) atoms. The molecule has 0 aliphatic rings. The van der Waals surface area contributed by atoms with Crippen molar-refractivity contribution >= 4 is 11.5 Å². The minimum atomic E-state index is 0.441. The zero-order chi connectivity index (χ0) is 9.84. The van der Waals surface area contributed by atoms with Crippen LogP contribution < -0.4 is 22.3 Å². The van der Waals surface area contributed by atoms with Crippen molar-refractivity contribution in [3.63, 3.8) is 0 Å². The Balaban J connectivity index is 3.00. The lowest BCUT2D eigenvalue weighted by atomic mass is 10.3. The SMILES string of the molecule is Cc1cc(N(N)/C=C\N)cc(N)n1. The van der Waals surface area contributed by atoms with Gasteiger partial charge in [0.2, 0.25) is 0 Å². The van der Waals surface area contributed by atoms with Crippen LogP contribution in [0.5, 0.6) is 0 Å². The highest BCUT2D eigenvalue weighted by atomic mass is 15.4. The van der Waals surface area contributed by atoms with Crippen LogP contribution in [0.25, 0.3) is 0 Å². The Kier molecular flexibility index (Phi) is 2.71. The number of hydrazine groups is 1. The number of rotatable bonds is 2. The van der Waals surface area contributed by atoms with E-state index in [1.807, 2.05) is 13.0 Å². The van der Waals surface area contributed by atoms with Crippen LogP contribution in [0.2, 0.25) is 0 Å². The molecule has 0 aromatic carbocycles. The van der Waals surface area contributed by atoms with Crippen molar-refractivity contribution < 1.29 is 0 Å². The number of hydrogen-bond acceptors (Lipinski definition) is 5. The molecule has 0 bridgehead atoms. The molecule has 1 aromatic rings. The second kappa shape index (κ2) is 3.77. The van der Waals surface area contributed by atoms with E-state index in [1.54, 1.807) is 6.07 Å². The standard InChI is InChI=1S/C8H13N5/c1-6-4-7(5-8(10)12-6)13(11)3-2-9/h2-5H,9,11H2,1H3,(H2,10,12)/b3-2-. The molecule has 5 heteroatoms. The molecule has 0 atom stereocenters. The number of nitrogens with zero attached hydrogens (tertiary/aromatic N) is 2. The summed E-state index contributed by atoms with van der Waals surface area (Å²) in [5, 5.41) is 1.38. The molecular formula is C8H13N5. The fourth-order valence-electron chi connectivity index (χ4n) is 1.00. The first kappa shape index (κ1) is 9.34. The predicted molar refractivity (Wildman–Crippen MR) is 53.4 cm³/mol. The van der Waals surface area contributed by atoms with Gasteiger partial charge < -0.3 is 11.5 Å². The molecule has 0 fully saturated rings. The molecule has 0 amide bonds. The van der Waals surface area contributed by atoms with E-state index in [1.165, 1.54) is 17.4 Å². The molecule has 0 radical (unpaired) electrons. The summed E-state index contributed by atoms with van der Waals surface area (Å²) in [4.78, 5) is 4.02. The second-order valence-corrected chi connectivity index (χ2v) is 2.64. The monoisotopic (exact) mass is 179 g/mol. The molecule has 0 saturated carbocycles. The molecule has 1 rings (SSSR count). The third kappa shape index (κ3) is 2.34. The Hall–Kier alpha value is -1.75. The van der Waals surface area contributed by atoms with Crippen LogP contribution in [0, 0.1) is 6.92 Å². The van der Waals surface area contributed by atoms with Gasteiger partial charge in [-0.1, -0.05) is 0 Å². The Morgan fingerprint density at radius 3 is 2.69 bits per heavy atom. The van der Waals surface area contributed by atoms with Crippen LogP contribution in [0.4, 0.5) is 11.5 Å². The van der Waals surface area contributed by atoms with Crippen LogP contribution in [0.1, 0.15) is 5.69 Å². The molecule has 70 valence electrons. The lowest BCUT2D eigenvalue weighted by Gasteiger charge is -2.13. The maximum atomic E-state index is 5.63. The molecule has 0 spiro atoms. The number of pyridine rings is 1. The van der Waals surface area contributed by atoms with Gasteiger partial charge in [0.15, 0.2) is 0 Å². The lowest BCUT2D eigenvalue weighted by molar-refractivity contribution is 1.06. The van der Waals surface area contributed by atoms with Gasteiger partial charge in [-0.2, -0.15) is 0 Å². The molecule has 5 nitrogen and oxygen atoms in total. The second-order valence-electron chi connectivity index (χ2n) is 2.64. The molecule has 0 saturated heterocycles. The summed E-state index contributed by atoms with van der Waals surface area (Å²) in [6, 6.07) is 3.49. The average Bonchev–Trinajstić information content (AvgIpc) is 2.03. The van der Waals surface area contributed by atoms with E-state index >= 15 is 0 Å². The third-order valence-electron chi connectivity index (χ3n) is 1.50. The van der Waals surface area contributed by atoms with Crippen LogP contribution in [-0.4, -0.2) is 4.98 Å². The zero-order valence-electron chi connectivity index (χ0n) is 7.44. The van der Waals surface area contributed by atoms with E-state index in [4.69, 9.17) is 17.3 Å². The van der Waals surface area contributed by atoms with Gasteiger partial charge in [-0.3, -0.25) is 5.01 Å². The molecule has 1 heterocycles. The highest BCUT2D eigenvalue weighted by Gasteiger charge is 2.00. The number of nitrogen functional groups attached to an aromatic ring is 1. The number of hydrogen-bond donors (Lipinski definition) is 3. The van der Waals surface area contributed by atoms with Gasteiger partial charge in [0, 0.05) is 24.2 Å². The first-order valence-corrected chi connectivity index (χ1v) is 3.80. The van der Waals surface area contributed by atoms with Crippen molar-refractivity contribution in [2.75, 3.05) is 10.7 Å². The highest BCUT2D eigenvalue weighted by molar-refractivity contribution is 5.54. The van der Waals surface area contributed by atoms with Gasteiger partial charge in [-0.15, -0.1) is 0 Å². The molecule has 0 aliphatic heterocycles. The Bertz CT molecular complexity index is 300. The Morgan fingerprint density at radius 1 is 1.46 bits per heavy atom. The van der Waals surface area contributed by atoms with Crippen molar-refractivity contribution in [1.82, 2.24) is 4.98 Å². The summed E-state index contributed by atoms with van der Waals surface area (Å²) < 4.78 is 0. The van der Waals surface area contributed by atoms with Crippen molar-refractivity contribution in [2.24, 2.45) is 11.6 Å². The quantitative estimate of drug-likeness (QED) is 0.441. The van der Waals surface area contributed by atoms with Crippen LogP contribution in [0.15, 0.2) is 24.5 Å². The molecule has 0 aliphatic carbocycles. The van der Waals surface area contributed by atoms with E-state index in [9.17, 15) is 0 Å². The predicted octanol–water partition coefficient (Wildman–Crippen LogP) is 0.0822. The number of aryl methyl sites for hydroxylation is 1. The topological polar surface area (TPSA) is 94.2 Å². The smallest absolute Gasteiger partial charge is 0.125 e. The summed E-state index contributed by atoms with van der Waals surface area (Å²) in [6.45, 7) is 1.85. The van der Waals surface area contributed by atoms with E-state index < -0.39 is 0 Å². The fourth-order valence-corrected chi connectivity index (χ4v) is 1.00. The van der Waals surface area contributed by atoms with Gasteiger partial charge in [0.05, 0.1) is 5.69 Å². The summed E-state index contributed by atoms with van der Waals surface area (Å²) in [5.74, 6) is 6.07. The summed E-state index contributed by atoms with van der Waals surface area (Å²) in [6.07, 6.45) is 2.89. The first-order chi connectivity index (χ1) is 6.13. The maximum absolute atomic E-state index is 5.63. The van der Waals surface area contributed by atoms with E-state index in [2.05, 4.69) is 4.98 Å². The minimum Gasteiger partial charge on any atom is -0.403 e. The average molecular weight is 179 g/mol. The Labute approximate surface area is 76.8 Å². The molecule has 0 unspecified atom stereocenters. The van der Waals surface area contributed by atoms with Gasteiger partial charge in [-0.05, 0) is 13.0 Å². The normalized spacial score (nSPS) is 10.6. The fraction of sp³-hybridized carbons (Fsp3) is 0.125. The lowest BCUT2D eigenvalue weighted by Crippen LogP contribution is -2.24. The minimum absolute atomic E-state index is 0.441. The van der Waals surface area contributed by atoms with Gasteiger partial charge >= 0.3 is 0 Å². The Morgan fingerprint density at radius 2 is 2.15 bits per heavy atom. The van der Waals surface area contributed by atoms with Crippen LogP contribution in [0.3, 0.4) is 0 Å². The van der Waals surface area contributed by atoms with Gasteiger partial charge in [0.25, 0.3) is 0 Å². The van der Waals surface area contributed by atoms with Gasteiger partial charge in [0.1, 0.15) is 5.82 Å².